The zero-order valence-electron chi connectivity index (χ0n) is 7.18. The van der Waals surface area contributed by atoms with E-state index in [0.717, 1.165) is 6.04 Å². The minimum absolute atomic E-state index is 0.391. The van der Waals surface area contributed by atoms with Gasteiger partial charge in [0.25, 0.3) is 0 Å². The molecule has 11 heavy (non-hydrogen) atoms. The highest BCUT2D eigenvalue weighted by Gasteiger charge is 2.13. The molecule has 0 rings (SSSR count). The first-order chi connectivity index (χ1) is 4.95. The van der Waals surface area contributed by atoms with Crippen LogP contribution in [0.5, 0.6) is 0 Å². The second-order valence-electron chi connectivity index (χ2n) is 3.56. The molecule has 0 spiro atoms. The van der Waals surface area contributed by atoms with Crippen LogP contribution in [0.2, 0.25) is 25.7 Å². The van der Waals surface area contributed by atoms with E-state index in [2.05, 4.69) is 24.4 Å². The Morgan fingerprint density at radius 2 is 2.09 bits per heavy atom. The highest BCUT2D eigenvalue weighted by molar-refractivity contribution is 6.76. The maximum atomic E-state index is 10.3. The van der Waals surface area contributed by atoms with Crippen molar-refractivity contribution < 1.29 is 9.53 Å². The molecule has 0 aliphatic carbocycles. The van der Waals surface area contributed by atoms with Gasteiger partial charge in [0.05, 0.1) is 6.61 Å². The molecule has 0 unspecified atom stereocenters. The third kappa shape index (κ3) is 7.07. The Labute approximate surface area is 68.0 Å². The maximum Gasteiger partial charge on any atom is 0.411 e. The first-order valence-electron chi connectivity index (χ1n) is 3.52. The quantitative estimate of drug-likeness (QED) is 0.366. The van der Waals surface area contributed by atoms with Crippen molar-refractivity contribution in [1.82, 2.24) is 0 Å². The van der Waals surface area contributed by atoms with Crippen molar-refractivity contribution in [2.45, 2.75) is 25.7 Å². The molecule has 0 fully saturated rings. The van der Waals surface area contributed by atoms with Crippen molar-refractivity contribution in [1.29, 1.82) is 5.26 Å². The summed E-state index contributed by atoms with van der Waals surface area (Å²) in [5.41, 5.74) is 0. The van der Waals surface area contributed by atoms with Crippen LogP contribution >= 0.6 is 0 Å². The fourth-order valence-corrected chi connectivity index (χ4v) is 1.20. The lowest BCUT2D eigenvalue weighted by molar-refractivity contribution is -0.136. The van der Waals surface area contributed by atoms with E-state index in [1.807, 2.05) is 0 Å². The van der Waals surface area contributed by atoms with Crippen LogP contribution < -0.4 is 0 Å². The fourth-order valence-electron chi connectivity index (χ4n) is 0.482. The van der Waals surface area contributed by atoms with Crippen LogP contribution in [0.4, 0.5) is 0 Å². The topological polar surface area (TPSA) is 50.1 Å². The second-order valence-corrected chi connectivity index (χ2v) is 9.18. The smallest absolute Gasteiger partial charge is 0.411 e. The van der Waals surface area contributed by atoms with Gasteiger partial charge in [0.1, 0.15) is 0 Å². The highest BCUT2D eigenvalue weighted by atomic mass is 28.3. The van der Waals surface area contributed by atoms with Crippen LogP contribution in [0.15, 0.2) is 0 Å². The molecule has 0 aromatic carbocycles. The monoisotopic (exact) mass is 171 g/mol. The molecule has 0 aliphatic rings. The van der Waals surface area contributed by atoms with Crippen LogP contribution in [-0.2, 0) is 9.53 Å². The van der Waals surface area contributed by atoms with Gasteiger partial charge in [0.2, 0.25) is 0 Å². The Kier molecular flexibility index (Phi) is 3.83. The van der Waals surface area contributed by atoms with Gasteiger partial charge in [-0.1, -0.05) is 19.6 Å². The number of nitrogens with zero attached hydrogens (tertiary/aromatic N) is 1. The predicted molar refractivity (Wildman–Crippen MR) is 44.7 cm³/mol. The molecule has 4 heteroatoms. The number of esters is 1. The molecule has 0 N–H and O–H groups in total. The largest absolute Gasteiger partial charge is 0.455 e. The number of ether oxygens (including phenoxy) is 1. The lowest BCUT2D eigenvalue weighted by Gasteiger charge is -2.13. The molecule has 0 saturated carbocycles. The number of nitriles is 1. The summed E-state index contributed by atoms with van der Waals surface area (Å²) in [6, 6.07) is 2.32. The number of carbonyl (C=O) groups excluding carboxylic acids is 1. The lowest BCUT2D eigenvalue weighted by Crippen LogP contribution is -2.22. The highest BCUT2D eigenvalue weighted by Crippen LogP contribution is 2.07. The van der Waals surface area contributed by atoms with Gasteiger partial charge in [-0.3, -0.25) is 0 Å². The number of carbonyl (C=O) groups is 1. The van der Waals surface area contributed by atoms with Gasteiger partial charge in [-0.25, -0.2) is 4.79 Å². The van der Waals surface area contributed by atoms with Crippen molar-refractivity contribution in [3.8, 4) is 6.07 Å². The Bertz CT molecular complexity index is 178. The lowest BCUT2D eigenvalue weighted by atomic mass is 10.7. The van der Waals surface area contributed by atoms with Crippen LogP contribution in [0.3, 0.4) is 0 Å². The van der Waals surface area contributed by atoms with Crippen LogP contribution in [-0.4, -0.2) is 20.7 Å². The van der Waals surface area contributed by atoms with Gasteiger partial charge in [0.15, 0.2) is 6.07 Å². The Hall–Kier alpha value is -0.823. The zero-order valence-corrected chi connectivity index (χ0v) is 8.18. The Balaban J connectivity index is 3.45. The van der Waals surface area contributed by atoms with E-state index in [1.165, 1.54) is 6.07 Å². The van der Waals surface area contributed by atoms with Crippen LogP contribution in [0.25, 0.3) is 0 Å². The number of hydrogen-bond donors (Lipinski definition) is 0. The summed E-state index contributed by atoms with van der Waals surface area (Å²) in [4.78, 5) is 10.3. The second kappa shape index (κ2) is 4.14. The Morgan fingerprint density at radius 3 is 2.45 bits per heavy atom. The average molecular weight is 171 g/mol. The van der Waals surface area contributed by atoms with Gasteiger partial charge < -0.3 is 4.74 Å². The fraction of sp³-hybridized carbons (Fsp3) is 0.714. The van der Waals surface area contributed by atoms with Crippen molar-refractivity contribution >= 4 is 14.0 Å². The molecule has 0 bridgehead atoms. The van der Waals surface area contributed by atoms with E-state index in [1.54, 1.807) is 0 Å². The Morgan fingerprint density at radius 1 is 1.55 bits per heavy atom. The normalized spacial score (nSPS) is 10.4. The third-order valence-corrected chi connectivity index (χ3v) is 2.88. The molecule has 0 heterocycles. The van der Waals surface area contributed by atoms with Crippen molar-refractivity contribution in [3.63, 3.8) is 0 Å². The molecular formula is C7H13NO2Si. The van der Waals surface area contributed by atoms with Crippen molar-refractivity contribution in [3.05, 3.63) is 0 Å². The van der Waals surface area contributed by atoms with Gasteiger partial charge >= 0.3 is 5.97 Å². The predicted octanol–water partition coefficient (Wildman–Crippen LogP) is 1.39. The van der Waals surface area contributed by atoms with E-state index in [4.69, 9.17) is 5.26 Å². The van der Waals surface area contributed by atoms with E-state index in [9.17, 15) is 4.79 Å². The van der Waals surface area contributed by atoms with E-state index in [-0.39, 0.29) is 0 Å². The first-order valence-corrected chi connectivity index (χ1v) is 7.23. The molecule has 0 saturated heterocycles. The molecule has 0 aromatic heterocycles. The van der Waals surface area contributed by atoms with Crippen molar-refractivity contribution in [2.75, 3.05) is 6.61 Å². The minimum atomic E-state index is -1.12. The zero-order chi connectivity index (χ0) is 8.91. The minimum Gasteiger partial charge on any atom is -0.455 e. The van der Waals surface area contributed by atoms with E-state index < -0.39 is 14.0 Å². The number of hydrogen-bond acceptors (Lipinski definition) is 3. The van der Waals surface area contributed by atoms with Crippen LogP contribution in [0.1, 0.15) is 0 Å². The molecule has 0 aliphatic heterocycles. The molecule has 0 amide bonds. The standard InChI is InChI=1S/C7H13NO2Si/c1-11(2,3)5-4-10-7(9)6-8/h4-5H2,1-3H3. The molecular weight excluding hydrogens is 158 g/mol. The summed E-state index contributed by atoms with van der Waals surface area (Å²) >= 11 is 0. The molecule has 62 valence electrons. The molecule has 0 atom stereocenters. The summed E-state index contributed by atoms with van der Waals surface area (Å²) in [5, 5.41) is 8.05. The van der Waals surface area contributed by atoms with Crippen molar-refractivity contribution in [2.24, 2.45) is 0 Å². The third-order valence-electron chi connectivity index (χ3n) is 1.18. The molecule has 3 nitrogen and oxygen atoms in total. The molecule has 0 radical (unpaired) electrons. The average Bonchev–Trinajstić information content (AvgIpc) is 1.85. The van der Waals surface area contributed by atoms with Gasteiger partial charge in [-0.15, -0.1) is 0 Å². The van der Waals surface area contributed by atoms with Gasteiger partial charge in [-0.05, 0) is 6.04 Å². The van der Waals surface area contributed by atoms with E-state index >= 15 is 0 Å². The van der Waals surface area contributed by atoms with Crippen LogP contribution in [0, 0.1) is 11.3 Å². The number of rotatable bonds is 3. The maximum absolute atomic E-state index is 10.3. The van der Waals surface area contributed by atoms with E-state index in [0.29, 0.717) is 6.61 Å². The van der Waals surface area contributed by atoms with Gasteiger partial charge in [0, 0.05) is 8.07 Å². The SMILES string of the molecule is C[Si](C)(C)CCOC(=O)C#N. The summed E-state index contributed by atoms with van der Waals surface area (Å²) in [7, 11) is -1.12. The van der Waals surface area contributed by atoms with Gasteiger partial charge in [-0.2, -0.15) is 5.26 Å². The molecule has 0 aromatic rings. The summed E-state index contributed by atoms with van der Waals surface area (Å²) in [6.45, 7) is 6.95. The first kappa shape index (κ1) is 10.2. The summed E-state index contributed by atoms with van der Waals surface area (Å²) < 4.78 is 4.60. The summed E-state index contributed by atoms with van der Waals surface area (Å²) in [5.74, 6) is -0.775. The summed E-state index contributed by atoms with van der Waals surface area (Å²) in [6.07, 6.45) is 0.